The standard InChI is InChI=1S/C22H28N4O4/c1-3-4-18-19(15(2)25-30-18)21(28)26-13-22(14-26)17(8-12-29-22)7-11-24-20(27)16-5-9-23-10-6-16/h5-6,9-10,17H,3-4,7-8,11-14H2,1-2H3,(H,24,27)/t17-/m1/s1. The smallest absolute Gasteiger partial charge is 0.259 e. The summed E-state index contributed by atoms with van der Waals surface area (Å²) in [6, 6.07) is 3.40. The Morgan fingerprint density at radius 1 is 1.30 bits per heavy atom. The van der Waals surface area contributed by atoms with Gasteiger partial charge in [0.25, 0.3) is 11.8 Å². The van der Waals surface area contributed by atoms with Crippen LogP contribution in [0.4, 0.5) is 0 Å². The van der Waals surface area contributed by atoms with E-state index in [4.69, 9.17) is 9.26 Å². The monoisotopic (exact) mass is 412 g/mol. The minimum absolute atomic E-state index is 0.0249. The molecule has 0 saturated carbocycles. The molecule has 0 radical (unpaired) electrons. The molecular weight excluding hydrogens is 384 g/mol. The number of ether oxygens (including phenoxy) is 1. The predicted molar refractivity (Wildman–Crippen MR) is 109 cm³/mol. The summed E-state index contributed by atoms with van der Waals surface area (Å²) < 4.78 is 11.4. The molecule has 0 aromatic carbocycles. The number of hydrogen-bond acceptors (Lipinski definition) is 6. The van der Waals surface area contributed by atoms with Crippen LogP contribution in [0.25, 0.3) is 0 Å². The van der Waals surface area contributed by atoms with Crippen LogP contribution in [-0.2, 0) is 11.2 Å². The lowest BCUT2D eigenvalue weighted by Crippen LogP contribution is -2.66. The van der Waals surface area contributed by atoms with Crippen LogP contribution in [-0.4, -0.2) is 58.7 Å². The van der Waals surface area contributed by atoms with Gasteiger partial charge >= 0.3 is 0 Å². The first-order chi connectivity index (χ1) is 14.5. The van der Waals surface area contributed by atoms with Crippen LogP contribution in [0.1, 0.15) is 58.4 Å². The zero-order valence-electron chi connectivity index (χ0n) is 17.5. The Labute approximate surface area is 176 Å². The first kappa shape index (κ1) is 20.5. The second-order valence-electron chi connectivity index (χ2n) is 8.16. The fourth-order valence-electron chi connectivity index (χ4n) is 4.50. The minimum Gasteiger partial charge on any atom is -0.371 e. The largest absolute Gasteiger partial charge is 0.371 e. The van der Waals surface area contributed by atoms with Gasteiger partial charge in [-0.1, -0.05) is 12.1 Å². The van der Waals surface area contributed by atoms with Crippen molar-refractivity contribution in [1.29, 1.82) is 0 Å². The lowest BCUT2D eigenvalue weighted by Gasteiger charge is -2.50. The van der Waals surface area contributed by atoms with Crippen LogP contribution in [0.5, 0.6) is 0 Å². The molecule has 0 bridgehead atoms. The van der Waals surface area contributed by atoms with Gasteiger partial charge < -0.3 is 19.5 Å². The van der Waals surface area contributed by atoms with E-state index in [1.54, 1.807) is 24.5 Å². The Balaban J connectivity index is 1.32. The van der Waals surface area contributed by atoms with Crippen LogP contribution in [0, 0.1) is 12.8 Å². The van der Waals surface area contributed by atoms with Crippen molar-refractivity contribution in [2.45, 2.75) is 45.1 Å². The Bertz CT molecular complexity index is 905. The maximum absolute atomic E-state index is 13.0. The number of hydrogen-bond donors (Lipinski definition) is 1. The molecule has 2 aromatic rings. The number of amides is 2. The number of aromatic nitrogens is 2. The molecule has 0 unspecified atom stereocenters. The second-order valence-corrected chi connectivity index (χ2v) is 8.16. The molecule has 1 N–H and O–H groups in total. The van der Waals surface area contributed by atoms with Gasteiger partial charge in [-0.2, -0.15) is 0 Å². The summed E-state index contributed by atoms with van der Waals surface area (Å²) in [7, 11) is 0. The summed E-state index contributed by atoms with van der Waals surface area (Å²) in [4.78, 5) is 31.0. The molecule has 4 rings (SSSR count). The van der Waals surface area contributed by atoms with Gasteiger partial charge in [0.1, 0.15) is 16.9 Å². The number of rotatable bonds is 7. The fourth-order valence-corrected chi connectivity index (χ4v) is 4.50. The van der Waals surface area contributed by atoms with Crippen molar-refractivity contribution in [3.05, 3.63) is 47.1 Å². The zero-order chi connectivity index (χ0) is 21.1. The van der Waals surface area contributed by atoms with E-state index in [1.807, 2.05) is 11.8 Å². The van der Waals surface area contributed by atoms with Crippen LogP contribution in [0.2, 0.25) is 0 Å². The van der Waals surface area contributed by atoms with E-state index in [2.05, 4.69) is 22.4 Å². The Morgan fingerprint density at radius 3 is 2.80 bits per heavy atom. The van der Waals surface area contributed by atoms with Crippen LogP contribution >= 0.6 is 0 Å². The van der Waals surface area contributed by atoms with Gasteiger partial charge in [0.05, 0.1) is 18.8 Å². The van der Waals surface area contributed by atoms with Gasteiger partial charge in [0.2, 0.25) is 0 Å². The van der Waals surface area contributed by atoms with Crippen LogP contribution in [0.3, 0.4) is 0 Å². The molecule has 0 aliphatic carbocycles. The Hall–Kier alpha value is -2.74. The van der Waals surface area contributed by atoms with Crippen molar-refractivity contribution >= 4 is 11.8 Å². The molecule has 2 aromatic heterocycles. The van der Waals surface area contributed by atoms with Crippen molar-refractivity contribution in [1.82, 2.24) is 20.4 Å². The topological polar surface area (TPSA) is 97.6 Å². The molecule has 8 nitrogen and oxygen atoms in total. The Kier molecular flexibility index (Phi) is 5.85. The van der Waals surface area contributed by atoms with Gasteiger partial charge in [0.15, 0.2) is 0 Å². The number of pyridine rings is 1. The first-order valence-electron chi connectivity index (χ1n) is 10.6. The molecule has 160 valence electrons. The van der Waals surface area contributed by atoms with E-state index in [1.165, 1.54) is 0 Å². The molecule has 2 aliphatic rings. The molecule has 2 fully saturated rings. The molecule has 2 aliphatic heterocycles. The predicted octanol–water partition coefficient (Wildman–Crippen LogP) is 2.38. The highest BCUT2D eigenvalue weighted by molar-refractivity contribution is 5.97. The van der Waals surface area contributed by atoms with Crippen molar-refractivity contribution < 1.29 is 18.8 Å². The third-order valence-corrected chi connectivity index (χ3v) is 6.15. The van der Waals surface area contributed by atoms with Gasteiger partial charge in [-0.3, -0.25) is 14.6 Å². The molecule has 4 heterocycles. The minimum atomic E-state index is -0.299. The van der Waals surface area contributed by atoms with Crippen molar-refractivity contribution in [3.63, 3.8) is 0 Å². The summed E-state index contributed by atoms with van der Waals surface area (Å²) in [5.41, 5.74) is 1.56. The summed E-state index contributed by atoms with van der Waals surface area (Å²) in [5.74, 6) is 0.867. The van der Waals surface area contributed by atoms with Crippen molar-refractivity contribution in [2.24, 2.45) is 5.92 Å². The number of nitrogens with zero attached hydrogens (tertiary/aromatic N) is 3. The highest BCUT2D eigenvalue weighted by Gasteiger charge is 2.54. The highest BCUT2D eigenvalue weighted by Crippen LogP contribution is 2.42. The third kappa shape index (κ3) is 3.84. The van der Waals surface area contributed by atoms with Crippen LogP contribution < -0.4 is 5.32 Å². The Morgan fingerprint density at radius 2 is 2.07 bits per heavy atom. The summed E-state index contributed by atoms with van der Waals surface area (Å²) >= 11 is 0. The molecular formula is C22H28N4O4. The van der Waals surface area contributed by atoms with E-state index in [-0.39, 0.29) is 17.4 Å². The lowest BCUT2D eigenvalue weighted by molar-refractivity contribution is -0.118. The molecule has 2 amide bonds. The molecule has 30 heavy (non-hydrogen) atoms. The van der Waals surface area contributed by atoms with E-state index in [9.17, 15) is 9.59 Å². The second kappa shape index (κ2) is 8.55. The van der Waals surface area contributed by atoms with Gasteiger partial charge in [-0.25, -0.2) is 0 Å². The van der Waals surface area contributed by atoms with E-state index < -0.39 is 0 Å². The number of carbonyl (C=O) groups excluding carboxylic acids is 2. The lowest BCUT2D eigenvalue weighted by atomic mass is 9.78. The number of carbonyl (C=O) groups is 2. The molecule has 1 atom stereocenters. The van der Waals surface area contributed by atoms with Crippen molar-refractivity contribution in [2.75, 3.05) is 26.2 Å². The quantitative estimate of drug-likeness (QED) is 0.750. The summed E-state index contributed by atoms with van der Waals surface area (Å²) in [6.45, 7) is 6.28. The third-order valence-electron chi connectivity index (χ3n) is 6.15. The summed E-state index contributed by atoms with van der Waals surface area (Å²) in [5, 5.41) is 6.96. The molecule has 1 spiro atoms. The average molecular weight is 412 g/mol. The normalized spacial score (nSPS) is 19.7. The van der Waals surface area contributed by atoms with E-state index in [0.29, 0.717) is 61.2 Å². The summed E-state index contributed by atoms with van der Waals surface area (Å²) in [6.07, 6.45) is 6.59. The van der Waals surface area contributed by atoms with E-state index >= 15 is 0 Å². The molecule has 2 saturated heterocycles. The average Bonchev–Trinajstić information content (AvgIpc) is 3.31. The number of aryl methyl sites for hydroxylation is 2. The highest BCUT2D eigenvalue weighted by atomic mass is 16.5. The van der Waals surface area contributed by atoms with Crippen molar-refractivity contribution in [3.8, 4) is 0 Å². The number of likely N-dealkylation sites (tertiary alicyclic amines) is 1. The zero-order valence-corrected chi connectivity index (χ0v) is 17.5. The number of nitrogens with one attached hydrogen (secondary N) is 1. The SMILES string of the molecule is CCCc1onc(C)c1C(=O)N1CC2(C1)OCC[C@H]2CCNC(=O)c1ccncc1. The van der Waals surface area contributed by atoms with Crippen LogP contribution in [0.15, 0.2) is 29.0 Å². The molecule has 8 heteroatoms. The fraction of sp³-hybridized carbons (Fsp3) is 0.545. The van der Waals surface area contributed by atoms with E-state index in [0.717, 1.165) is 19.3 Å². The van der Waals surface area contributed by atoms with Gasteiger partial charge in [-0.15, -0.1) is 0 Å². The maximum Gasteiger partial charge on any atom is 0.259 e. The first-order valence-corrected chi connectivity index (χ1v) is 10.6. The van der Waals surface area contributed by atoms with Gasteiger partial charge in [-0.05, 0) is 44.2 Å². The van der Waals surface area contributed by atoms with Gasteiger partial charge in [0, 0.05) is 37.5 Å². The maximum atomic E-state index is 13.0.